The summed E-state index contributed by atoms with van der Waals surface area (Å²) in [4.78, 5) is 25.3. The van der Waals surface area contributed by atoms with Crippen molar-refractivity contribution in [3.05, 3.63) is 78.4 Å². The van der Waals surface area contributed by atoms with Gasteiger partial charge in [0.1, 0.15) is 5.82 Å². The Balaban J connectivity index is 1.41. The third kappa shape index (κ3) is 3.79. The van der Waals surface area contributed by atoms with Gasteiger partial charge in [-0.3, -0.25) is 4.79 Å². The summed E-state index contributed by atoms with van der Waals surface area (Å²) in [5, 5.41) is 0. The highest BCUT2D eigenvalue weighted by molar-refractivity contribution is 5.94. The zero-order valence-corrected chi connectivity index (χ0v) is 14.8. The zero-order chi connectivity index (χ0) is 18.6. The maximum atomic E-state index is 13.0. The number of piperazine rings is 1. The first-order valence-electron chi connectivity index (χ1n) is 8.88. The molecule has 4 rings (SSSR count). The van der Waals surface area contributed by atoms with Crippen LogP contribution in [0, 0.1) is 5.82 Å². The molecule has 0 bridgehead atoms. The van der Waals surface area contributed by atoms with Crippen LogP contribution in [-0.2, 0) is 0 Å². The topological polar surface area (TPSA) is 49.3 Å². The number of carbonyl (C=O) groups excluding carboxylic acids is 1. The molecule has 136 valence electrons. The van der Waals surface area contributed by atoms with Crippen LogP contribution in [0.25, 0.3) is 11.4 Å². The van der Waals surface area contributed by atoms with Crippen molar-refractivity contribution >= 4 is 11.6 Å². The number of aromatic nitrogens is 2. The van der Waals surface area contributed by atoms with Gasteiger partial charge in [-0.2, -0.15) is 0 Å². The van der Waals surface area contributed by atoms with E-state index in [0.717, 1.165) is 13.1 Å². The summed E-state index contributed by atoms with van der Waals surface area (Å²) in [5.74, 6) is 0.106. The van der Waals surface area contributed by atoms with Crippen LogP contribution in [0.2, 0.25) is 0 Å². The number of nitrogens with zero attached hydrogens (tertiary/aromatic N) is 4. The van der Waals surface area contributed by atoms with Crippen molar-refractivity contribution in [1.82, 2.24) is 14.9 Å². The summed E-state index contributed by atoms with van der Waals surface area (Å²) >= 11 is 0. The van der Waals surface area contributed by atoms with E-state index in [1.165, 1.54) is 30.2 Å². The summed E-state index contributed by atoms with van der Waals surface area (Å²) in [7, 11) is 0. The Hall–Kier alpha value is -3.28. The second kappa shape index (κ2) is 7.53. The van der Waals surface area contributed by atoms with Gasteiger partial charge in [-0.1, -0.05) is 18.2 Å². The number of hydrogen-bond donors (Lipinski definition) is 0. The van der Waals surface area contributed by atoms with Crippen LogP contribution >= 0.6 is 0 Å². The van der Waals surface area contributed by atoms with Gasteiger partial charge in [0.05, 0.1) is 5.56 Å². The molecule has 0 saturated carbocycles. The number of anilines is 1. The van der Waals surface area contributed by atoms with Gasteiger partial charge in [0, 0.05) is 49.8 Å². The highest BCUT2D eigenvalue weighted by Gasteiger charge is 2.22. The molecule has 1 aliphatic heterocycles. The average molecular weight is 362 g/mol. The smallest absolute Gasteiger partial charge is 0.257 e. The van der Waals surface area contributed by atoms with Crippen molar-refractivity contribution in [2.45, 2.75) is 0 Å². The molecular formula is C21H19FN4O. The lowest BCUT2D eigenvalue weighted by Gasteiger charge is -2.36. The predicted octanol–water partition coefficient (Wildman–Crippen LogP) is 3.25. The van der Waals surface area contributed by atoms with Crippen molar-refractivity contribution in [2.24, 2.45) is 0 Å². The summed E-state index contributed by atoms with van der Waals surface area (Å²) < 4.78 is 13.0. The molecular weight excluding hydrogens is 343 g/mol. The van der Waals surface area contributed by atoms with Gasteiger partial charge in [0.25, 0.3) is 5.91 Å². The van der Waals surface area contributed by atoms with Crippen LogP contribution in [0.4, 0.5) is 10.1 Å². The Morgan fingerprint density at radius 1 is 0.852 bits per heavy atom. The van der Waals surface area contributed by atoms with Gasteiger partial charge in [-0.05, 0) is 36.4 Å². The first kappa shape index (κ1) is 17.1. The highest BCUT2D eigenvalue weighted by Crippen LogP contribution is 2.18. The van der Waals surface area contributed by atoms with E-state index in [4.69, 9.17) is 0 Å². The van der Waals surface area contributed by atoms with Gasteiger partial charge < -0.3 is 9.80 Å². The molecule has 1 amide bonds. The van der Waals surface area contributed by atoms with Gasteiger partial charge in [0.2, 0.25) is 0 Å². The minimum atomic E-state index is -0.305. The first-order valence-corrected chi connectivity index (χ1v) is 8.88. The van der Waals surface area contributed by atoms with E-state index in [0.29, 0.717) is 30.0 Å². The lowest BCUT2D eigenvalue weighted by atomic mass is 10.2. The molecule has 1 aliphatic rings. The van der Waals surface area contributed by atoms with E-state index in [-0.39, 0.29) is 11.7 Å². The molecule has 0 spiro atoms. The average Bonchev–Trinajstić information content (AvgIpc) is 2.75. The summed E-state index contributed by atoms with van der Waals surface area (Å²) in [5.41, 5.74) is 2.36. The minimum Gasteiger partial charge on any atom is -0.368 e. The molecule has 0 aliphatic carbocycles. The lowest BCUT2D eigenvalue weighted by Crippen LogP contribution is -2.48. The van der Waals surface area contributed by atoms with Gasteiger partial charge in [-0.15, -0.1) is 0 Å². The van der Waals surface area contributed by atoms with Crippen molar-refractivity contribution in [3.63, 3.8) is 0 Å². The lowest BCUT2D eigenvalue weighted by molar-refractivity contribution is 0.0746. The van der Waals surface area contributed by atoms with Crippen LogP contribution < -0.4 is 4.90 Å². The number of carbonyl (C=O) groups is 1. The first-order chi connectivity index (χ1) is 13.2. The molecule has 27 heavy (non-hydrogen) atoms. The predicted molar refractivity (Wildman–Crippen MR) is 102 cm³/mol. The van der Waals surface area contributed by atoms with E-state index < -0.39 is 0 Å². The molecule has 1 saturated heterocycles. The summed E-state index contributed by atoms with van der Waals surface area (Å²) in [6.07, 6.45) is 3.08. The van der Waals surface area contributed by atoms with E-state index in [1.54, 1.807) is 12.1 Å². The van der Waals surface area contributed by atoms with Gasteiger partial charge in [0.15, 0.2) is 5.82 Å². The van der Waals surface area contributed by atoms with Gasteiger partial charge >= 0.3 is 0 Å². The fourth-order valence-electron chi connectivity index (χ4n) is 3.18. The molecule has 1 aromatic heterocycles. The molecule has 0 unspecified atom stereocenters. The maximum absolute atomic E-state index is 13.0. The number of amides is 1. The van der Waals surface area contributed by atoms with E-state index in [2.05, 4.69) is 27.0 Å². The number of benzene rings is 2. The highest BCUT2D eigenvalue weighted by atomic mass is 19.1. The third-order valence-corrected chi connectivity index (χ3v) is 4.69. The van der Waals surface area contributed by atoms with Crippen LogP contribution in [0.5, 0.6) is 0 Å². The molecule has 0 radical (unpaired) electrons. The summed E-state index contributed by atoms with van der Waals surface area (Å²) in [6, 6.07) is 16.2. The molecule has 6 heteroatoms. The normalized spacial score (nSPS) is 14.3. The number of hydrogen-bond acceptors (Lipinski definition) is 4. The fourth-order valence-corrected chi connectivity index (χ4v) is 3.18. The van der Waals surface area contributed by atoms with Crippen LogP contribution in [-0.4, -0.2) is 47.0 Å². The quantitative estimate of drug-likeness (QED) is 0.718. The molecule has 2 heterocycles. The zero-order valence-electron chi connectivity index (χ0n) is 14.8. The van der Waals surface area contributed by atoms with Gasteiger partial charge in [-0.25, -0.2) is 14.4 Å². The van der Waals surface area contributed by atoms with E-state index in [1.807, 2.05) is 23.1 Å². The van der Waals surface area contributed by atoms with E-state index in [9.17, 15) is 9.18 Å². The Morgan fingerprint density at radius 2 is 1.48 bits per heavy atom. The third-order valence-electron chi connectivity index (χ3n) is 4.69. The Kier molecular flexibility index (Phi) is 4.78. The molecule has 1 fully saturated rings. The maximum Gasteiger partial charge on any atom is 0.257 e. The van der Waals surface area contributed by atoms with Crippen molar-refractivity contribution in [1.29, 1.82) is 0 Å². The number of para-hydroxylation sites is 1. The SMILES string of the molecule is O=C(c1cnc(-c2ccc(F)cc2)nc1)N1CCN(c2ccccc2)CC1. The van der Waals surface area contributed by atoms with Crippen LogP contribution in [0.15, 0.2) is 67.0 Å². The Bertz CT molecular complexity index is 905. The Labute approximate surface area is 157 Å². The van der Waals surface area contributed by atoms with Crippen LogP contribution in [0.3, 0.4) is 0 Å². The second-order valence-corrected chi connectivity index (χ2v) is 6.42. The number of halogens is 1. The monoisotopic (exact) mass is 362 g/mol. The molecule has 3 aromatic rings. The molecule has 0 atom stereocenters. The molecule has 0 N–H and O–H groups in total. The molecule has 5 nitrogen and oxygen atoms in total. The van der Waals surface area contributed by atoms with Crippen LogP contribution in [0.1, 0.15) is 10.4 Å². The number of rotatable bonds is 3. The standard InChI is InChI=1S/C21H19FN4O/c22-18-8-6-16(7-9-18)20-23-14-17(15-24-20)21(27)26-12-10-25(11-13-26)19-4-2-1-3-5-19/h1-9,14-15H,10-13H2. The largest absolute Gasteiger partial charge is 0.368 e. The molecule has 2 aromatic carbocycles. The second-order valence-electron chi connectivity index (χ2n) is 6.42. The van der Waals surface area contributed by atoms with Crippen molar-refractivity contribution < 1.29 is 9.18 Å². The summed E-state index contributed by atoms with van der Waals surface area (Å²) in [6.45, 7) is 2.91. The van der Waals surface area contributed by atoms with Crippen molar-refractivity contribution in [2.75, 3.05) is 31.1 Å². The Morgan fingerprint density at radius 3 is 2.11 bits per heavy atom. The fraction of sp³-hybridized carbons (Fsp3) is 0.190. The van der Waals surface area contributed by atoms with E-state index >= 15 is 0 Å². The van der Waals surface area contributed by atoms with Crippen molar-refractivity contribution in [3.8, 4) is 11.4 Å². The minimum absolute atomic E-state index is 0.0617.